The number of anilines is 1. The second-order valence-electron chi connectivity index (χ2n) is 5.06. The molecule has 1 saturated heterocycles. The minimum Gasteiger partial charge on any atom is -0.383 e. The van der Waals surface area contributed by atoms with Crippen LogP contribution in [0.2, 0.25) is 0 Å². The summed E-state index contributed by atoms with van der Waals surface area (Å²) < 4.78 is 5.31. The van der Waals surface area contributed by atoms with E-state index in [1.54, 1.807) is 13.2 Å². The smallest absolute Gasteiger partial charge is 0.144 e. The Kier molecular flexibility index (Phi) is 4.35. The van der Waals surface area contributed by atoms with Crippen molar-refractivity contribution in [2.45, 2.75) is 25.3 Å². The maximum absolute atomic E-state index is 9.10. The number of hydrogen-bond donors (Lipinski definition) is 2. The number of pyridine rings is 1. The quantitative estimate of drug-likeness (QED) is 0.838. The van der Waals surface area contributed by atoms with Gasteiger partial charge in [-0.25, -0.2) is 4.98 Å². The zero-order valence-corrected chi connectivity index (χ0v) is 11.5. The molecule has 1 aromatic rings. The lowest BCUT2D eigenvalue weighted by Gasteiger charge is -2.29. The van der Waals surface area contributed by atoms with Gasteiger partial charge >= 0.3 is 0 Å². The molecule has 19 heavy (non-hydrogen) atoms. The normalized spacial score (nSPS) is 22.2. The van der Waals surface area contributed by atoms with Crippen molar-refractivity contribution in [1.29, 1.82) is 5.26 Å². The first-order chi connectivity index (χ1) is 9.19. The Morgan fingerprint density at radius 3 is 3.05 bits per heavy atom. The molecule has 0 bridgehead atoms. The lowest BCUT2D eigenvalue weighted by Crippen LogP contribution is -2.49. The highest BCUT2D eigenvalue weighted by atomic mass is 16.5. The van der Waals surface area contributed by atoms with E-state index in [9.17, 15) is 0 Å². The minimum absolute atomic E-state index is 0.0487. The average molecular weight is 260 g/mol. The summed E-state index contributed by atoms with van der Waals surface area (Å²) in [6.07, 6.45) is 2.22. The number of nitrogens with zero attached hydrogens (tertiary/aromatic N) is 2. The first-order valence-electron chi connectivity index (χ1n) is 6.55. The van der Waals surface area contributed by atoms with Crippen LogP contribution in [-0.2, 0) is 4.74 Å². The number of rotatable bonds is 5. The van der Waals surface area contributed by atoms with E-state index in [4.69, 9.17) is 10.00 Å². The molecule has 0 radical (unpaired) electrons. The number of methoxy groups -OCH3 is 1. The highest BCUT2D eigenvalue weighted by molar-refractivity contribution is 5.52. The molecule has 1 aliphatic rings. The average Bonchev–Trinajstić information content (AvgIpc) is 2.86. The highest BCUT2D eigenvalue weighted by Crippen LogP contribution is 2.21. The Labute approximate surface area is 114 Å². The molecule has 2 rings (SSSR count). The number of aromatic nitrogens is 1. The van der Waals surface area contributed by atoms with Gasteiger partial charge in [-0.2, -0.15) is 5.26 Å². The number of nitriles is 1. The maximum Gasteiger partial charge on any atom is 0.144 e. The van der Waals surface area contributed by atoms with E-state index in [0.29, 0.717) is 24.5 Å². The van der Waals surface area contributed by atoms with E-state index in [0.717, 1.165) is 25.1 Å². The molecule has 1 fully saturated rings. The predicted octanol–water partition coefficient (Wildman–Crippen LogP) is 1.44. The molecule has 1 aromatic heterocycles. The molecule has 5 nitrogen and oxygen atoms in total. The Morgan fingerprint density at radius 1 is 1.58 bits per heavy atom. The molecule has 0 amide bonds. The highest BCUT2D eigenvalue weighted by Gasteiger charge is 2.33. The van der Waals surface area contributed by atoms with E-state index in [1.165, 1.54) is 0 Å². The van der Waals surface area contributed by atoms with Crippen molar-refractivity contribution >= 4 is 5.82 Å². The standard InChI is InChI=1S/C14H20N4O/c1-11-4-5-12(8-15)13(18-11)16-9-14(10-19-2)6-3-7-17-14/h4-5,17H,3,6-7,9-10H2,1-2H3,(H,16,18). The maximum atomic E-state index is 9.10. The largest absolute Gasteiger partial charge is 0.383 e. The fourth-order valence-electron chi connectivity index (χ4n) is 2.50. The molecule has 1 unspecified atom stereocenters. The number of nitrogens with one attached hydrogen (secondary N) is 2. The Bertz CT molecular complexity index is 475. The van der Waals surface area contributed by atoms with Crippen LogP contribution in [0, 0.1) is 18.3 Å². The first kappa shape index (κ1) is 13.8. The van der Waals surface area contributed by atoms with Gasteiger partial charge in [0.25, 0.3) is 0 Å². The van der Waals surface area contributed by atoms with E-state index >= 15 is 0 Å². The van der Waals surface area contributed by atoms with Gasteiger partial charge in [0.05, 0.1) is 17.7 Å². The van der Waals surface area contributed by atoms with Gasteiger partial charge in [-0.1, -0.05) is 0 Å². The Hall–Kier alpha value is -1.64. The van der Waals surface area contributed by atoms with Crippen molar-refractivity contribution in [3.05, 3.63) is 23.4 Å². The fraction of sp³-hybridized carbons (Fsp3) is 0.571. The summed E-state index contributed by atoms with van der Waals surface area (Å²) >= 11 is 0. The first-order valence-corrected chi connectivity index (χ1v) is 6.55. The van der Waals surface area contributed by atoms with Gasteiger partial charge in [-0.15, -0.1) is 0 Å². The minimum atomic E-state index is -0.0487. The van der Waals surface area contributed by atoms with Crippen molar-refractivity contribution in [2.75, 3.05) is 32.1 Å². The molecular weight excluding hydrogens is 240 g/mol. The molecule has 5 heteroatoms. The molecular formula is C14H20N4O. The van der Waals surface area contributed by atoms with Gasteiger partial charge in [0.15, 0.2) is 0 Å². The lowest BCUT2D eigenvalue weighted by molar-refractivity contribution is 0.127. The number of ether oxygens (including phenoxy) is 1. The number of hydrogen-bond acceptors (Lipinski definition) is 5. The van der Waals surface area contributed by atoms with E-state index < -0.39 is 0 Å². The molecule has 0 spiro atoms. The van der Waals surface area contributed by atoms with Gasteiger partial charge < -0.3 is 15.4 Å². The molecule has 2 N–H and O–H groups in total. The molecule has 1 aliphatic heterocycles. The Balaban J connectivity index is 2.09. The number of aryl methyl sites for hydroxylation is 1. The molecule has 0 aliphatic carbocycles. The van der Waals surface area contributed by atoms with Crippen LogP contribution in [0.15, 0.2) is 12.1 Å². The van der Waals surface area contributed by atoms with E-state index in [1.807, 2.05) is 13.0 Å². The molecule has 0 saturated carbocycles. The van der Waals surface area contributed by atoms with Crippen molar-refractivity contribution in [3.63, 3.8) is 0 Å². The van der Waals surface area contributed by atoms with Crippen LogP contribution in [-0.4, -0.2) is 37.3 Å². The third-order valence-corrected chi connectivity index (χ3v) is 3.50. The molecule has 1 atom stereocenters. The van der Waals surface area contributed by atoms with Crippen LogP contribution in [0.3, 0.4) is 0 Å². The molecule has 2 heterocycles. The van der Waals surface area contributed by atoms with Crippen molar-refractivity contribution < 1.29 is 4.74 Å². The van der Waals surface area contributed by atoms with Crippen LogP contribution < -0.4 is 10.6 Å². The summed E-state index contributed by atoms with van der Waals surface area (Å²) in [5.74, 6) is 0.659. The molecule has 102 valence electrons. The monoisotopic (exact) mass is 260 g/mol. The Morgan fingerprint density at radius 2 is 2.42 bits per heavy atom. The van der Waals surface area contributed by atoms with E-state index in [2.05, 4.69) is 21.7 Å². The second-order valence-corrected chi connectivity index (χ2v) is 5.06. The van der Waals surface area contributed by atoms with Crippen molar-refractivity contribution in [3.8, 4) is 6.07 Å². The van der Waals surface area contributed by atoms with Gasteiger partial charge in [0.1, 0.15) is 11.9 Å². The topological polar surface area (TPSA) is 70.0 Å². The predicted molar refractivity (Wildman–Crippen MR) is 74.0 cm³/mol. The third kappa shape index (κ3) is 3.22. The van der Waals surface area contributed by atoms with Crippen LogP contribution >= 0.6 is 0 Å². The summed E-state index contributed by atoms with van der Waals surface area (Å²) in [5, 5.41) is 15.9. The van der Waals surface area contributed by atoms with Gasteiger partial charge in [0.2, 0.25) is 0 Å². The van der Waals surface area contributed by atoms with Crippen molar-refractivity contribution in [1.82, 2.24) is 10.3 Å². The van der Waals surface area contributed by atoms with Gasteiger partial charge in [-0.05, 0) is 38.4 Å². The van der Waals surface area contributed by atoms with Crippen LogP contribution in [0.4, 0.5) is 5.82 Å². The second kappa shape index (κ2) is 6.00. The summed E-state index contributed by atoms with van der Waals surface area (Å²) in [6.45, 7) is 4.31. The summed E-state index contributed by atoms with van der Waals surface area (Å²) in [5.41, 5.74) is 1.44. The fourth-order valence-corrected chi connectivity index (χ4v) is 2.50. The van der Waals surface area contributed by atoms with Gasteiger partial charge in [-0.3, -0.25) is 0 Å². The van der Waals surface area contributed by atoms with Crippen LogP contribution in [0.5, 0.6) is 0 Å². The zero-order valence-electron chi connectivity index (χ0n) is 11.5. The van der Waals surface area contributed by atoms with Gasteiger partial charge in [0, 0.05) is 19.3 Å². The van der Waals surface area contributed by atoms with Crippen molar-refractivity contribution in [2.24, 2.45) is 0 Å². The molecule has 0 aromatic carbocycles. The van der Waals surface area contributed by atoms with Crippen LogP contribution in [0.25, 0.3) is 0 Å². The lowest BCUT2D eigenvalue weighted by atomic mass is 9.98. The summed E-state index contributed by atoms with van der Waals surface area (Å²) in [6, 6.07) is 5.82. The zero-order chi connectivity index (χ0) is 13.7. The summed E-state index contributed by atoms with van der Waals surface area (Å²) in [7, 11) is 1.72. The van der Waals surface area contributed by atoms with Crippen LogP contribution in [0.1, 0.15) is 24.1 Å². The summed E-state index contributed by atoms with van der Waals surface area (Å²) in [4.78, 5) is 4.39. The van der Waals surface area contributed by atoms with E-state index in [-0.39, 0.29) is 5.54 Å². The third-order valence-electron chi connectivity index (χ3n) is 3.50. The SMILES string of the molecule is COCC1(CNc2nc(C)ccc2C#N)CCCN1.